The molecule has 1 atom stereocenters. The number of hydrogen-bond donors (Lipinski definition) is 0. The van der Waals surface area contributed by atoms with Gasteiger partial charge in [0.2, 0.25) is 0 Å². The zero-order valence-electron chi connectivity index (χ0n) is 18.9. The number of unbranched alkanes of at least 4 members (excludes halogenated alkanes) is 1. The van der Waals surface area contributed by atoms with Crippen LogP contribution in [-0.2, 0) is 30.0 Å². The number of rotatable bonds is 10. The summed E-state index contributed by atoms with van der Waals surface area (Å²) in [6.45, 7) is 7.51. The van der Waals surface area contributed by atoms with Crippen molar-refractivity contribution in [3.05, 3.63) is 35.4 Å². The first-order valence-electron chi connectivity index (χ1n) is 10.3. The van der Waals surface area contributed by atoms with Crippen LogP contribution in [0.4, 0.5) is 13.2 Å². The van der Waals surface area contributed by atoms with E-state index in [-0.39, 0.29) is 32.3 Å². The van der Waals surface area contributed by atoms with Gasteiger partial charge in [-0.1, -0.05) is 18.6 Å². The van der Waals surface area contributed by atoms with Gasteiger partial charge in [0.05, 0.1) is 12.2 Å². The first-order valence-corrected chi connectivity index (χ1v) is 10.3. The molecule has 1 unspecified atom stereocenters. The lowest BCUT2D eigenvalue weighted by Gasteiger charge is -2.31. The van der Waals surface area contributed by atoms with Crippen LogP contribution in [0, 0.1) is 5.41 Å². The van der Waals surface area contributed by atoms with Gasteiger partial charge in [0.1, 0.15) is 5.60 Å². The highest BCUT2D eigenvalue weighted by atomic mass is 19.4. The average Bonchev–Trinajstić information content (AvgIpc) is 2.65. The largest absolute Gasteiger partial charge is 0.466 e. The van der Waals surface area contributed by atoms with Gasteiger partial charge in [0, 0.05) is 12.0 Å². The Morgan fingerprint density at radius 1 is 1.00 bits per heavy atom. The molecule has 0 fully saturated rings. The van der Waals surface area contributed by atoms with Crippen molar-refractivity contribution in [1.82, 2.24) is 0 Å². The summed E-state index contributed by atoms with van der Waals surface area (Å²) in [4.78, 5) is 50.7. The van der Waals surface area contributed by atoms with E-state index in [4.69, 9.17) is 9.47 Å². The smallest absolute Gasteiger partial charge is 0.416 e. The number of halogens is 3. The molecule has 0 saturated carbocycles. The van der Waals surface area contributed by atoms with Gasteiger partial charge in [-0.05, 0) is 59.6 Å². The zero-order valence-corrected chi connectivity index (χ0v) is 18.9. The Hall–Kier alpha value is -2.71. The van der Waals surface area contributed by atoms with Gasteiger partial charge in [-0.3, -0.25) is 19.2 Å². The van der Waals surface area contributed by atoms with Gasteiger partial charge in [-0.25, -0.2) is 0 Å². The maximum Gasteiger partial charge on any atom is 0.416 e. The van der Waals surface area contributed by atoms with Crippen LogP contribution in [-0.4, -0.2) is 35.7 Å². The van der Waals surface area contributed by atoms with Crippen LogP contribution in [0.2, 0.25) is 0 Å². The second-order valence-electron chi connectivity index (χ2n) is 8.38. The van der Waals surface area contributed by atoms with E-state index in [0.717, 1.165) is 25.1 Å². The molecule has 0 radical (unpaired) electrons. The Morgan fingerprint density at radius 3 is 2.12 bits per heavy atom. The maximum absolute atomic E-state index is 13.4. The van der Waals surface area contributed by atoms with Crippen molar-refractivity contribution in [3.63, 3.8) is 0 Å². The fourth-order valence-electron chi connectivity index (χ4n) is 3.13. The van der Waals surface area contributed by atoms with Crippen molar-refractivity contribution in [2.24, 2.45) is 5.41 Å². The van der Waals surface area contributed by atoms with E-state index in [1.807, 2.05) is 0 Å². The Morgan fingerprint density at radius 2 is 1.62 bits per heavy atom. The Kier molecular flexibility index (Phi) is 9.17. The van der Waals surface area contributed by atoms with E-state index in [1.54, 1.807) is 27.7 Å². The minimum Gasteiger partial charge on any atom is -0.466 e. The molecule has 9 heteroatoms. The number of alkyl halides is 3. The molecule has 0 N–H and O–H groups in total. The summed E-state index contributed by atoms with van der Waals surface area (Å²) in [6, 6.07) is 3.57. The normalized spacial score (nSPS) is 13.8. The molecule has 1 aromatic carbocycles. The van der Waals surface area contributed by atoms with Crippen LogP contribution in [0.5, 0.6) is 0 Å². The predicted molar refractivity (Wildman–Crippen MR) is 110 cm³/mol. The molecule has 0 aliphatic heterocycles. The van der Waals surface area contributed by atoms with Crippen LogP contribution in [0.1, 0.15) is 76.2 Å². The monoisotopic (exact) mass is 458 g/mol. The third-order valence-electron chi connectivity index (χ3n) is 4.68. The molecule has 0 aliphatic carbocycles. The SMILES string of the molecule is CCOC(=O)CCCCC(C(C)=O)(C(=O)OC(C)(C)C)C(=O)c1cccc(C(F)(F)F)c1. The molecule has 0 aliphatic rings. The summed E-state index contributed by atoms with van der Waals surface area (Å²) >= 11 is 0. The number of ketones is 2. The second kappa shape index (κ2) is 10.7. The lowest BCUT2D eigenvalue weighted by atomic mass is 9.73. The summed E-state index contributed by atoms with van der Waals surface area (Å²) in [5, 5.41) is 0. The van der Waals surface area contributed by atoms with Crippen molar-refractivity contribution >= 4 is 23.5 Å². The van der Waals surface area contributed by atoms with Gasteiger partial charge in [-0.2, -0.15) is 13.2 Å². The van der Waals surface area contributed by atoms with Crippen LogP contribution in [0.25, 0.3) is 0 Å². The number of Topliss-reactive ketones (excluding diaryl/α,β-unsaturated/α-hetero) is 2. The maximum atomic E-state index is 13.4. The number of ether oxygens (including phenoxy) is 2. The van der Waals surface area contributed by atoms with Gasteiger partial charge in [0.25, 0.3) is 0 Å². The summed E-state index contributed by atoms with van der Waals surface area (Å²) in [7, 11) is 0. The zero-order chi connectivity index (χ0) is 24.7. The average molecular weight is 458 g/mol. The predicted octanol–water partition coefficient (Wildman–Crippen LogP) is 4.93. The molecule has 0 bridgehead atoms. The number of esters is 2. The molecule has 0 aromatic heterocycles. The topological polar surface area (TPSA) is 86.7 Å². The third-order valence-corrected chi connectivity index (χ3v) is 4.68. The van der Waals surface area contributed by atoms with Gasteiger partial charge < -0.3 is 9.47 Å². The van der Waals surface area contributed by atoms with Crippen LogP contribution in [0.3, 0.4) is 0 Å². The van der Waals surface area contributed by atoms with Crippen LogP contribution >= 0.6 is 0 Å². The summed E-state index contributed by atoms with van der Waals surface area (Å²) in [5.74, 6) is -3.51. The lowest BCUT2D eigenvalue weighted by Crippen LogP contribution is -2.48. The lowest BCUT2D eigenvalue weighted by molar-refractivity contribution is -0.167. The van der Waals surface area contributed by atoms with Gasteiger partial charge in [-0.15, -0.1) is 0 Å². The third kappa shape index (κ3) is 7.17. The number of carbonyl (C=O) groups is 4. The molecular formula is C23H29F3O6. The van der Waals surface area contributed by atoms with Crippen molar-refractivity contribution in [3.8, 4) is 0 Å². The molecule has 0 heterocycles. The highest BCUT2D eigenvalue weighted by Gasteiger charge is 2.52. The van der Waals surface area contributed by atoms with Crippen molar-refractivity contribution < 1.29 is 41.8 Å². The van der Waals surface area contributed by atoms with E-state index in [9.17, 15) is 32.3 Å². The van der Waals surface area contributed by atoms with Gasteiger partial charge >= 0.3 is 18.1 Å². The standard InChI is InChI=1S/C23H29F3O6/c1-6-31-18(28)12-7-8-13-22(15(2)27,20(30)32-21(3,4)5)19(29)16-10-9-11-17(14-16)23(24,25)26/h9-11,14H,6-8,12-13H2,1-5H3. The molecule has 6 nitrogen and oxygen atoms in total. The van der Waals surface area contributed by atoms with Gasteiger partial charge in [0.15, 0.2) is 17.0 Å². The Labute approximate surface area is 185 Å². The molecule has 1 rings (SSSR count). The van der Waals surface area contributed by atoms with Crippen molar-refractivity contribution in [2.75, 3.05) is 6.61 Å². The van der Waals surface area contributed by atoms with Crippen molar-refractivity contribution in [2.45, 2.75) is 72.1 Å². The first kappa shape index (κ1) is 27.3. The molecule has 0 saturated heterocycles. The van der Waals surface area contributed by atoms with E-state index in [1.165, 1.54) is 0 Å². The fraction of sp³-hybridized carbons (Fsp3) is 0.565. The number of carbonyl (C=O) groups excluding carboxylic acids is 4. The highest BCUT2D eigenvalue weighted by Crippen LogP contribution is 2.36. The summed E-state index contributed by atoms with van der Waals surface area (Å²) < 4.78 is 49.6. The van der Waals surface area contributed by atoms with Crippen LogP contribution < -0.4 is 0 Å². The van der Waals surface area contributed by atoms with E-state index < -0.39 is 51.8 Å². The summed E-state index contributed by atoms with van der Waals surface area (Å²) in [5.41, 5.74) is -4.87. The van der Waals surface area contributed by atoms with E-state index >= 15 is 0 Å². The summed E-state index contributed by atoms with van der Waals surface area (Å²) in [6.07, 6.45) is -4.70. The number of benzene rings is 1. The minimum absolute atomic E-state index is 0.00783. The van der Waals surface area contributed by atoms with Crippen LogP contribution in [0.15, 0.2) is 24.3 Å². The molecule has 0 spiro atoms. The van der Waals surface area contributed by atoms with E-state index in [0.29, 0.717) is 6.07 Å². The minimum atomic E-state index is -4.71. The molecule has 32 heavy (non-hydrogen) atoms. The quantitative estimate of drug-likeness (QED) is 0.214. The first-order chi connectivity index (χ1) is 14.6. The number of hydrogen-bond acceptors (Lipinski definition) is 6. The molecule has 1 aromatic rings. The van der Waals surface area contributed by atoms with Crippen molar-refractivity contribution in [1.29, 1.82) is 0 Å². The van der Waals surface area contributed by atoms with E-state index in [2.05, 4.69) is 0 Å². The Bertz CT molecular complexity index is 854. The second-order valence-corrected chi connectivity index (χ2v) is 8.38. The molecule has 0 amide bonds. The molecular weight excluding hydrogens is 429 g/mol. The molecule has 178 valence electrons. The fourth-order valence-corrected chi connectivity index (χ4v) is 3.13. The Balaban J connectivity index is 3.36. The highest BCUT2D eigenvalue weighted by molar-refractivity contribution is 6.26.